The number of amides is 1. The predicted octanol–water partition coefficient (Wildman–Crippen LogP) is -0.0849. The van der Waals surface area contributed by atoms with E-state index in [2.05, 4.69) is 22.0 Å². The SMILES string of the molecule is C=CCNC(=O)Cn1cnc2cnn(CC)c2c1=O. The predicted molar refractivity (Wildman–Crippen MR) is 70.7 cm³/mol. The smallest absolute Gasteiger partial charge is 0.279 e. The highest BCUT2D eigenvalue weighted by Crippen LogP contribution is 2.04. The van der Waals surface area contributed by atoms with E-state index in [1.54, 1.807) is 17.0 Å². The Hall–Kier alpha value is -2.44. The average Bonchev–Trinajstić information content (AvgIpc) is 2.83. The fourth-order valence-electron chi connectivity index (χ4n) is 1.76. The molecule has 1 amide bonds. The Balaban J connectivity index is 2.34. The quantitative estimate of drug-likeness (QED) is 0.763. The first-order chi connectivity index (χ1) is 9.17. The number of carbonyl (C=O) groups is 1. The van der Waals surface area contributed by atoms with Crippen molar-refractivity contribution in [3.63, 3.8) is 0 Å². The van der Waals surface area contributed by atoms with E-state index in [4.69, 9.17) is 0 Å². The third-order valence-electron chi connectivity index (χ3n) is 2.68. The summed E-state index contributed by atoms with van der Waals surface area (Å²) in [5.41, 5.74) is 0.689. The van der Waals surface area contributed by atoms with Crippen LogP contribution < -0.4 is 10.9 Å². The number of fused-ring (bicyclic) bond motifs is 1. The number of carbonyl (C=O) groups excluding carboxylic acids is 1. The van der Waals surface area contributed by atoms with Crippen LogP contribution in [0.1, 0.15) is 6.92 Å². The summed E-state index contributed by atoms with van der Waals surface area (Å²) in [6.45, 7) is 6.28. The van der Waals surface area contributed by atoms with Gasteiger partial charge < -0.3 is 5.32 Å². The highest BCUT2D eigenvalue weighted by molar-refractivity contribution is 5.77. The van der Waals surface area contributed by atoms with Gasteiger partial charge in [-0.05, 0) is 6.92 Å². The van der Waals surface area contributed by atoms with Crippen molar-refractivity contribution in [2.75, 3.05) is 6.54 Å². The lowest BCUT2D eigenvalue weighted by atomic mass is 10.4. The summed E-state index contributed by atoms with van der Waals surface area (Å²) >= 11 is 0. The van der Waals surface area contributed by atoms with E-state index in [-0.39, 0.29) is 18.0 Å². The van der Waals surface area contributed by atoms with Gasteiger partial charge in [0.05, 0.1) is 12.5 Å². The maximum Gasteiger partial charge on any atom is 0.279 e. The Morgan fingerprint density at radius 3 is 3.05 bits per heavy atom. The van der Waals surface area contributed by atoms with E-state index < -0.39 is 0 Å². The zero-order valence-corrected chi connectivity index (χ0v) is 10.7. The van der Waals surface area contributed by atoms with Gasteiger partial charge in [0.1, 0.15) is 12.1 Å². The van der Waals surface area contributed by atoms with Crippen LogP contribution in [0.5, 0.6) is 0 Å². The summed E-state index contributed by atoms with van der Waals surface area (Å²) in [5.74, 6) is -0.259. The number of hydrogen-bond donors (Lipinski definition) is 1. The molecule has 1 N–H and O–H groups in total. The summed E-state index contributed by atoms with van der Waals surface area (Å²) in [7, 11) is 0. The second-order valence-corrected chi connectivity index (χ2v) is 3.96. The number of rotatable bonds is 5. The lowest BCUT2D eigenvalue weighted by Crippen LogP contribution is -2.33. The normalized spacial score (nSPS) is 10.6. The van der Waals surface area contributed by atoms with Crippen molar-refractivity contribution in [2.24, 2.45) is 0 Å². The summed E-state index contributed by atoms with van der Waals surface area (Å²) in [5, 5.41) is 6.68. The Kier molecular flexibility index (Phi) is 3.74. The molecule has 0 aliphatic rings. The van der Waals surface area contributed by atoms with Crippen LogP contribution in [0.25, 0.3) is 11.0 Å². The first-order valence-corrected chi connectivity index (χ1v) is 5.96. The largest absolute Gasteiger partial charge is 0.351 e. The highest BCUT2D eigenvalue weighted by Gasteiger charge is 2.11. The fraction of sp³-hybridized carbons (Fsp3) is 0.333. The lowest BCUT2D eigenvalue weighted by molar-refractivity contribution is -0.121. The van der Waals surface area contributed by atoms with Gasteiger partial charge in [-0.15, -0.1) is 6.58 Å². The number of nitrogens with zero attached hydrogens (tertiary/aromatic N) is 4. The molecule has 0 atom stereocenters. The molecule has 0 aliphatic heterocycles. The van der Waals surface area contributed by atoms with Gasteiger partial charge in [-0.2, -0.15) is 5.10 Å². The van der Waals surface area contributed by atoms with E-state index in [9.17, 15) is 9.59 Å². The van der Waals surface area contributed by atoms with Gasteiger partial charge in [0, 0.05) is 13.1 Å². The van der Waals surface area contributed by atoms with Crippen molar-refractivity contribution in [1.29, 1.82) is 0 Å². The second-order valence-electron chi connectivity index (χ2n) is 3.96. The Bertz CT molecular complexity index is 670. The summed E-state index contributed by atoms with van der Waals surface area (Å²) < 4.78 is 2.84. The van der Waals surface area contributed by atoms with Crippen LogP contribution in [0.4, 0.5) is 0 Å². The number of hydrogen-bond acceptors (Lipinski definition) is 4. The molecule has 0 aliphatic carbocycles. The maximum atomic E-state index is 12.2. The van der Waals surface area contributed by atoms with Gasteiger partial charge in [-0.25, -0.2) is 4.98 Å². The molecule has 0 fully saturated rings. The van der Waals surface area contributed by atoms with Crippen molar-refractivity contribution in [3.8, 4) is 0 Å². The summed E-state index contributed by atoms with van der Waals surface area (Å²) in [4.78, 5) is 27.9. The standard InChI is InChI=1S/C12H15N5O2/c1-3-5-13-10(18)7-16-8-14-9-6-15-17(4-2)11(9)12(16)19/h3,6,8H,1,4-5,7H2,2H3,(H,13,18). The van der Waals surface area contributed by atoms with Gasteiger partial charge >= 0.3 is 0 Å². The van der Waals surface area contributed by atoms with Crippen molar-refractivity contribution >= 4 is 16.9 Å². The highest BCUT2D eigenvalue weighted by atomic mass is 16.2. The van der Waals surface area contributed by atoms with E-state index in [0.717, 1.165) is 0 Å². The first kappa shape index (κ1) is 13.0. The fourth-order valence-corrected chi connectivity index (χ4v) is 1.76. The van der Waals surface area contributed by atoms with E-state index in [0.29, 0.717) is 24.1 Å². The molecular formula is C12H15N5O2. The minimum atomic E-state index is -0.266. The summed E-state index contributed by atoms with van der Waals surface area (Å²) in [6.07, 6.45) is 4.48. The van der Waals surface area contributed by atoms with Crippen molar-refractivity contribution in [2.45, 2.75) is 20.0 Å². The van der Waals surface area contributed by atoms with Crippen LogP contribution in [-0.2, 0) is 17.9 Å². The van der Waals surface area contributed by atoms with Crippen molar-refractivity contribution in [1.82, 2.24) is 24.6 Å². The van der Waals surface area contributed by atoms with Gasteiger partial charge in [0.2, 0.25) is 5.91 Å². The molecule has 2 aromatic rings. The topological polar surface area (TPSA) is 81.8 Å². The zero-order valence-electron chi connectivity index (χ0n) is 10.7. The molecule has 7 nitrogen and oxygen atoms in total. The van der Waals surface area contributed by atoms with Crippen LogP contribution in [0, 0.1) is 0 Å². The molecular weight excluding hydrogens is 246 g/mol. The second kappa shape index (κ2) is 5.47. The molecule has 0 spiro atoms. The monoisotopic (exact) mass is 261 g/mol. The van der Waals surface area contributed by atoms with Gasteiger partial charge in [-0.1, -0.05) is 6.08 Å². The van der Waals surface area contributed by atoms with Crippen LogP contribution in [0.2, 0.25) is 0 Å². The molecule has 2 heterocycles. The van der Waals surface area contributed by atoms with Crippen LogP contribution in [0.3, 0.4) is 0 Å². The Labute approximate surface area is 109 Å². The van der Waals surface area contributed by atoms with E-state index in [1.807, 2.05) is 6.92 Å². The molecule has 0 radical (unpaired) electrons. The van der Waals surface area contributed by atoms with E-state index in [1.165, 1.54) is 10.9 Å². The minimum Gasteiger partial charge on any atom is -0.351 e. The van der Waals surface area contributed by atoms with Crippen molar-refractivity contribution in [3.05, 3.63) is 35.5 Å². The molecule has 2 aromatic heterocycles. The van der Waals surface area contributed by atoms with Crippen LogP contribution >= 0.6 is 0 Å². The molecule has 0 aromatic carbocycles. The third-order valence-corrected chi connectivity index (χ3v) is 2.68. The number of nitrogens with one attached hydrogen (secondary N) is 1. The Morgan fingerprint density at radius 2 is 2.37 bits per heavy atom. The molecule has 0 bridgehead atoms. The number of aryl methyl sites for hydroxylation is 1. The maximum absolute atomic E-state index is 12.2. The van der Waals surface area contributed by atoms with Gasteiger partial charge in [0.15, 0.2) is 5.52 Å². The molecule has 100 valence electrons. The molecule has 0 saturated carbocycles. The van der Waals surface area contributed by atoms with Crippen molar-refractivity contribution < 1.29 is 4.79 Å². The number of aromatic nitrogens is 4. The first-order valence-electron chi connectivity index (χ1n) is 5.96. The average molecular weight is 261 g/mol. The third kappa shape index (κ3) is 2.54. The van der Waals surface area contributed by atoms with Crippen LogP contribution in [-0.4, -0.2) is 31.8 Å². The van der Waals surface area contributed by atoms with Crippen LogP contribution in [0.15, 0.2) is 30.0 Å². The van der Waals surface area contributed by atoms with Gasteiger partial charge in [-0.3, -0.25) is 18.8 Å². The Morgan fingerprint density at radius 1 is 1.58 bits per heavy atom. The molecule has 0 unspecified atom stereocenters. The van der Waals surface area contributed by atoms with Gasteiger partial charge in [0.25, 0.3) is 5.56 Å². The molecule has 19 heavy (non-hydrogen) atoms. The lowest BCUT2D eigenvalue weighted by Gasteiger charge is -2.06. The zero-order chi connectivity index (χ0) is 13.8. The molecule has 0 saturated heterocycles. The summed E-state index contributed by atoms with van der Waals surface area (Å²) in [6, 6.07) is 0. The minimum absolute atomic E-state index is 0.0650. The van der Waals surface area contributed by atoms with E-state index >= 15 is 0 Å². The molecule has 2 rings (SSSR count). The molecule has 7 heteroatoms.